The van der Waals surface area contributed by atoms with Gasteiger partial charge in [0.1, 0.15) is 5.75 Å². The van der Waals surface area contributed by atoms with E-state index in [4.69, 9.17) is 4.74 Å². The largest absolute Gasteiger partial charge is 0.453 e. The third-order valence-electron chi connectivity index (χ3n) is 3.57. The summed E-state index contributed by atoms with van der Waals surface area (Å²) in [6.07, 6.45) is -3.73. The van der Waals surface area contributed by atoms with Crippen LogP contribution in [0.15, 0.2) is 53.4 Å². The van der Waals surface area contributed by atoms with Gasteiger partial charge in [-0.15, -0.1) is 5.10 Å². The summed E-state index contributed by atoms with van der Waals surface area (Å²) >= 11 is 0. The summed E-state index contributed by atoms with van der Waals surface area (Å²) in [7, 11) is -3.44. The minimum Gasteiger partial charge on any atom is -0.424 e. The third kappa shape index (κ3) is 4.27. The molecule has 0 unspecified atom stereocenters. The first-order valence-electron chi connectivity index (χ1n) is 7.63. The SMILES string of the molecule is Cc1ccc(Oc2nc(C(F)(F)F)nn2-c2ccc(S(C)(=O)=O)cc2)cc1. The molecule has 0 aliphatic carbocycles. The van der Waals surface area contributed by atoms with Gasteiger partial charge in [-0.05, 0) is 43.3 Å². The number of benzene rings is 2. The van der Waals surface area contributed by atoms with E-state index >= 15 is 0 Å². The highest BCUT2D eigenvalue weighted by molar-refractivity contribution is 7.90. The van der Waals surface area contributed by atoms with E-state index in [0.29, 0.717) is 0 Å². The molecule has 1 heterocycles. The van der Waals surface area contributed by atoms with Crippen LogP contribution in [0.2, 0.25) is 0 Å². The number of hydrogen-bond donors (Lipinski definition) is 0. The number of hydrogen-bond acceptors (Lipinski definition) is 5. The van der Waals surface area contributed by atoms with Crippen molar-refractivity contribution < 1.29 is 26.3 Å². The normalized spacial score (nSPS) is 12.2. The second-order valence-electron chi connectivity index (χ2n) is 5.81. The van der Waals surface area contributed by atoms with Crippen LogP contribution in [0.3, 0.4) is 0 Å². The summed E-state index contributed by atoms with van der Waals surface area (Å²) in [4.78, 5) is 3.46. The van der Waals surface area contributed by atoms with Crippen molar-refractivity contribution in [2.45, 2.75) is 18.0 Å². The van der Waals surface area contributed by atoms with Gasteiger partial charge in [-0.2, -0.15) is 22.8 Å². The molecule has 10 heteroatoms. The maximum absolute atomic E-state index is 13.0. The average Bonchev–Trinajstić information content (AvgIpc) is 3.00. The molecule has 1 aromatic heterocycles. The van der Waals surface area contributed by atoms with Crippen LogP contribution < -0.4 is 4.74 Å². The molecule has 0 saturated heterocycles. The van der Waals surface area contributed by atoms with E-state index in [-0.39, 0.29) is 16.3 Å². The second kappa shape index (κ2) is 6.69. The number of rotatable bonds is 4. The Labute approximate surface area is 153 Å². The first kappa shape index (κ1) is 18.9. The van der Waals surface area contributed by atoms with Crippen LogP contribution in [0.25, 0.3) is 5.69 Å². The van der Waals surface area contributed by atoms with Crippen molar-refractivity contribution in [2.24, 2.45) is 0 Å². The van der Waals surface area contributed by atoms with Gasteiger partial charge in [0.25, 0.3) is 5.82 Å². The lowest BCUT2D eigenvalue weighted by atomic mass is 10.2. The molecule has 0 fully saturated rings. The molecule has 0 amide bonds. The van der Waals surface area contributed by atoms with Gasteiger partial charge in [-0.3, -0.25) is 0 Å². The Bertz CT molecular complexity index is 1060. The first-order chi connectivity index (χ1) is 12.5. The Morgan fingerprint density at radius 2 is 1.59 bits per heavy atom. The van der Waals surface area contributed by atoms with Crippen LogP contribution >= 0.6 is 0 Å². The van der Waals surface area contributed by atoms with E-state index < -0.39 is 27.8 Å². The van der Waals surface area contributed by atoms with Crippen molar-refractivity contribution in [3.8, 4) is 17.4 Å². The topological polar surface area (TPSA) is 74.1 Å². The minimum absolute atomic E-state index is 0.0309. The summed E-state index contributed by atoms with van der Waals surface area (Å²) < 4.78 is 68.5. The van der Waals surface area contributed by atoms with E-state index in [1.54, 1.807) is 24.3 Å². The highest BCUT2D eigenvalue weighted by Crippen LogP contribution is 2.31. The lowest BCUT2D eigenvalue weighted by molar-refractivity contribution is -0.144. The molecule has 0 bridgehead atoms. The summed E-state index contributed by atoms with van der Waals surface area (Å²) in [6, 6.07) is 11.5. The molecule has 0 spiro atoms. The summed E-state index contributed by atoms with van der Waals surface area (Å²) in [5.74, 6) is -1.08. The molecule has 2 aromatic carbocycles. The summed E-state index contributed by atoms with van der Waals surface area (Å²) in [5.41, 5.74) is 1.13. The summed E-state index contributed by atoms with van der Waals surface area (Å²) in [6.45, 7) is 1.86. The van der Waals surface area contributed by atoms with Crippen molar-refractivity contribution in [3.05, 3.63) is 59.9 Å². The Balaban J connectivity index is 2.05. The van der Waals surface area contributed by atoms with Crippen LogP contribution in [-0.4, -0.2) is 29.4 Å². The van der Waals surface area contributed by atoms with Crippen LogP contribution in [0.1, 0.15) is 11.4 Å². The fourth-order valence-electron chi connectivity index (χ4n) is 2.20. The fourth-order valence-corrected chi connectivity index (χ4v) is 2.83. The predicted molar refractivity (Wildman–Crippen MR) is 90.7 cm³/mol. The number of halogens is 3. The monoisotopic (exact) mass is 397 g/mol. The van der Waals surface area contributed by atoms with Gasteiger partial charge < -0.3 is 4.74 Å². The minimum atomic E-state index is -4.76. The highest BCUT2D eigenvalue weighted by atomic mass is 32.2. The number of ether oxygens (including phenoxy) is 1. The molecule has 3 rings (SSSR count). The standard InChI is InChI=1S/C17H14F3N3O3S/c1-11-3-7-13(8-4-11)26-16-21-15(17(18,19)20)22-23(16)12-5-9-14(10-6-12)27(2,24)25/h3-10H,1-2H3. The zero-order valence-corrected chi connectivity index (χ0v) is 15.0. The molecule has 6 nitrogen and oxygen atoms in total. The van der Waals surface area contributed by atoms with Crippen molar-refractivity contribution in [1.82, 2.24) is 14.8 Å². The molecule has 0 N–H and O–H groups in total. The lowest BCUT2D eigenvalue weighted by Crippen LogP contribution is -2.08. The van der Waals surface area contributed by atoms with Gasteiger partial charge in [-0.25, -0.2) is 8.42 Å². The van der Waals surface area contributed by atoms with E-state index in [0.717, 1.165) is 16.5 Å². The van der Waals surface area contributed by atoms with Crippen LogP contribution in [-0.2, 0) is 16.0 Å². The third-order valence-corrected chi connectivity index (χ3v) is 4.70. The maximum atomic E-state index is 13.0. The van der Waals surface area contributed by atoms with Crippen molar-refractivity contribution in [3.63, 3.8) is 0 Å². The van der Waals surface area contributed by atoms with E-state index in [2.05, 4.69) is 10.1 Å². The zero-order valence-electron chi connectivity index (χ0n) is 14.2. The molecule has 0 aliphatic rings. The first-order valence-corrected chi connectivity index (χ1v) is 9.52. The predicted octanol–water partition coefficient (Wildman–Crippen LogP) is 3.79. The Morgan fingerprint density at radius 3 is 2.11 bits per heavy atom. The van der Waals surface area contributed by atoms with Gasteiger partial charge in [0, 0.05) is 6.26 Å². The zero-order chi connectivity index (χ0) is 19.8. The number of alkyl halides is 3. The summed E-state index contributed by atoms with van der Waals surface area (Å²) in [5, 5.41) is 3.46. The van der Waals surface area contributed by atoms with Gasteiger partial charge >= 0.3 is 12.2 Å². The maximum Gasteiger partial charge on any atom is 0.453 e. The lowest BCUT2D eigenvalue weighted by Gasteiger charge is -2.08. The van der Waals surface area contributed by atoms with Gasteiger partial charge in [0.05, 0.1) is 10.6 Å². The van der Waals surface area contributed by atoms with Crippen LogP contribution in [0.5, 0.6) is 11.8 Å². The van der Waals surface area contributed by atoms with Crippen molar-refractivity contribution >= 4 is 9.84 Å². The molecule has 0 saturated carbocycles. The molecule has 0 aliphatic heterocycles. The molecule has 142 valence electrons. The number of aryl methyl sites for hydroxylation is 1. The van der Waals surface area contributed by atoms with Crippen LogP contribution in [0, 0.1) is 6.92 Å². The quantitative estimate of drug-likeness (QED) is 0.670. The fraction of sp³-hybridized carbons (Fsp3) is 0.176. The smallest absolute Gasteiger partial charge is 0.424 e. The number of nitrogens with zero attached hydrogens (tertiary/aromatic N) is 3. The molecule has 0 radical (unpaired) electrons. The van der Waals surface area contributed by atoms with E-state index in [1.165, 1.54) is 24.3 Å². The average molecular weight is 397 g/mol. The number of sulfone groups is 1. The molecular formula is C17H14F3N3O3S. The molecule has 27 heavy (non-hydrogen) atoms. The van der Waals surface area contributed by atoms with Gasteiger partial charge in [-0.1, -0.05) is 17.7 Å². The van der Waals surface area contributed by atoms with E-state index in [1.807, 2.05) is 6.92 Å². The molecule has 3 aromatic rings. The van der Waals surface area contributed by atoms with Crippen molar-refractivity contribution in [2.75, 3.05) is 6.26 Å². The van der Waals surface area contributed by atoms with Crippen LogP contribution in [0.4, 0.5) is 13.2 Å². The van der Waals surface area contributed by atoms with Gasteiger partial charge in [0.15, 0.2) is 9.84 Å². The second-order valence-corrected chi connectivity index (χ2v) is 7.82. The highest BCUT2D eigenvalue weighted by Gasteiger charge is 2.38. The molecule has 0 atom stereocenters. The Morgan fingerprint density at radius 1 is 1.00 bits per heavy atom. The molecular weight excluding hydrogens is 383 g/mol. The Kier molecular flexibility index (Phi) is 4.68. The van der Waals surface area contributed by atoms with E-state index in [9.17, 15) is 21.6 Å². The number of aromatic nitrogens is 3. The Hall–Kier alpha value is -2.88. The van der Waals surface area contributed by atoms with Crippen molar-refractivity contribution in [1.29, 1.82) is 0 Å². The van der Waals surface area contributed by atoms with Gasteiger partial charge in [0.2, 0.25) is 0 Å².